The molecule has 1 atom stereocenters. The van der Waals surface area contributed by atoms with Gasteiger partial charge in [-0.1, -0.05) is 20.8 Å². The second kappa shape index (κ2) is 6.13. The number of nitrogens with zero attached hydrogens (tertiary/aromatic N) is 3. The summed E-state index contributed by atoms with van der Waals surface area (Å²) in [7, 11) is 3.11. The van der Waals surface area contributed by atoms with Crippen molar-refractivity contribution in [2.24, 2.45) is 20.6 Å². The van der Waals surface area contributed by atoms with Crippen molar-refractivity contribution in [1.29, 1.82) is 0 Å². The third-order valence-corrected chi connectivity index (χ3v) is 3.18. The summed E-state index contributed by atoms with van der Waals surface area (Å²) in [6, 6.07) is 4.67. The van der Waals surface area contributed by atoms with E-state index in [4.69, 9.17) is 9.47 Å². The topological polar surface area (TPSA) is 84.6 Å². The number of nitrogens with one attached hydrogen (secondary N) is 1. The van der Waals surface area contributed by atoms with Gasteiger partial charge >= 0.3 is 0 Å². The molecule has 1 unspecified atom stereocenters. The number of rotatable bonds is 3. The quantitative estimate of drug-likeness (QED) is 0.931. The fourth-order valence-corrected chi connectivity index (χ4v) is 1.98. The van der Waals surface area contributed by atoms with E-state index >= 15 is 0 Å². The minimum atomic E-state index is -0.529. The SMILES string of the molecule is COc1ccc(OC)c(N=C2N=NC(C(C)(C)C)C(=O)N2)c1. The first-order chi connectivity index (χ1) is 10.3. The molecule has 1 amide bonds. The molecule has 0 radical (unpaired) electrons. The van der Waals surface area contributed by atoms with Crippen molar-refractivity contribution in [1.82, 2.24) is 5.32 Å². The van der Waals surface area contributed by atoms with Gasteiger partial charge in [-0.3, -0.25) is 10.1 Å². The number of ether oxygens (including phenoxy) is 2. The molecule has 1 N–H and O–H groups in total. The number of carbonyl (C=O) groups is 1. The Bertz CT molecular complexity index is 632. The second-order valence-electron chi connectivity index (χ2n) is 5.95. The van der Waals surface area contributed by atoms with Gasteiger partial charge in [0, 0.05) is 6.07 Å². The van der Waals surface area contributed by atoms with Gasteiger partial charge < -0.3 is 9.47 Å². The van der Waals surface area contributed by atoms with Gasteiger partial charge in [0.2, 0.25) is 5.96 Å². The zero-order valence-corrected chi connectivity index (χ0v) is 13.4. The van der Waals surface area contributed by atoms with Crippen LogP contribution < -0.4 is 14.8 Å². The lowest BCUT2D eigenvalue weighted by atomic mass is 9.86. The largest absolute Gasteiger partial charge is 0.497 e. The van der Waals surface area contributed by atoms with Crippen LogP contribution in [0.25, 0.3) is 0 Å². The highest BCUT2D eigenvalue weighted by molar-refractivity contribution is 6.02. The van der Waals surface area contributed by atoms with Crippen molar-refractivity contribution in [3.8, 4) is 11.5 Å². The van der Waals surface area contributed by atoms with Gasteiger partial charge in [-0.25, -0.2) is 4.99 Å². The second-order valence-corrected chi connectivity index (χ2v) is 5.95. The number of benzene rings is 1. The van der Waals surface area contributed by atoms with Crippen LogP contribution in [-0.2, 0) is 4.79 Å². The summed E-state index contributed by atoms with van der Waals surface area (Å²) in [5.41, 5.74) is 0.206. The maximum Gasteiger partial charge on any atom is 0.254 e. The van der Waals surface area contributed by atoms with Crippen molar-refractivity contribution in [3.63, 3.8) is 0 Å². The molecule has 0 aromatic heterocycles. The van der Waals surface area contributed by atoms with Gasteiger partial charge in [-0.15, -0.1) is 5.11 Å². The summed E-state index contributed by atoms with van der Waals surface area (Å²) >= 11 is 0. The molecule has 0 saturated heterocycles. The minimum Gasteiger partial charge on any atom is -0.497 e. The lowest BCUT2D eigenvalue weighted by molar-refractivity contribution is -0.123. The van der Waals surface area contributed by atoms with Crippen LogP contribution >= 0.6 is 0 Å². The van der Waals surface area contributed by atoms with Gasteiger partial charge in [-0.05, 0) is 17.5 Å². The van der Waals surface area contributed by atoms with E-state index in [1.165, 1.54) is 0 Å². The Hall–Kier alpha value is -2.44. The van der Waals surface area contributed by atoms with Crippen LogP contribution in [0.2, 0.25) is 0 Å². The summed E-state index contributed by atoms with van der Waals surface area (Å²) in [5, 5.41) is 10.7. The molecule has 1 aromatic rings. The van der Waals surface area contributed by atoms with Gasteiger partial charge in [-0.2, -0.15) is 5.11 Å². The standard InChI is InChI=1S/C15H20N4O3/c1-15(2,3)12-13(20)17-14(19-18-12)16-10-8-9(21-4)6-7-11(10)22-5/h6-8,12H,1-5H3,(H,16,17,20). The number of carbonyl (C=O) groups excluding carboxylic acids is 1. The van der Waals surface area contributed by atoms with Crippen LogP contribution in [0.1, 0.15) is 20.8 Å². The maximum atomic E-state index is 12.1. The summed E-state index contributed by atoms with van der Waals surface area (Å²) in [4.78, 5) is 16.4. The van der Waals surface area contributed by atoms with Gasteiger partial charge in [0.15, 0.2) is 6.04 Å². The molecule has 0 spiro atoms. The molecule has 1 heterocycles. The van der Waals surface area contributed by atoms with E-state index in [9.17, 15) is 4.79 Å². The number of aliphatic imine (C=N–C) groups is 1. The molecule has 2 rings (SSSR count). The summed E-state index contributed by atoms with van der Waals surface area (Å²) in [5.74, 6) is 1.10. The van der Waals surface area contributed by atoms with Crippen molar-refractivity contribution >= 4 is 17.6 Å². The van der Waals surface area contributed by atoms with E-state index in [0.29, 0.717) is 17.2 Å². The average molecular weight is 304 g/mol. The predicted octanol–water partition coefficient (Wildman–Crippen LogP) is 2.69. The van der Waals surface area contributed by atoms with Crippen LogP contribution in [0, 0.1) is 5.41 Å². The first-order valence-corrected chi connectivity index (χ1v) is 6.87. The Balaban J connectivity index is 2.33. The molecule has 22 heavy (non-hydrogen) atoms. The maximum absolute atomic E-state index is 12.1. The van der Waals surface area contributed by atoms with Crippen molar-refractivity contribution in [3.05, 3.63) is 18.2 Å². The zero-order chi connectivity index (χ0) is 16.3. The average Bonchev–Trinajstić information content (AvgIpc) is 2.45. The third kappa shape index (κ3) is 3.41. The predicted molar refractivity (Wildman–Crippen MR) is 82.9 cm³/mol. The molecule has 0 saturated carbocycles. The Morgan fingerprint density at radius 1 is 1.23 bits per heavy atom. The van der Waals surface area contributed by atoms with E-state index in [2.05, 4.69) is 20.5 Å². The molecular weight excluding hydrogens is 284 g/mol. The van der Waals surface area contributed by atoms with Crippen LogP contribution in [-0.4, -0.2) is 32.1 Å². The van der Waals surface area contributed by atoms with Gasteiger partial charge in [0.1, 0.15) is 17.2 Å². The van der Waals surface area contributed by atoms with Crippen molar-refractivity contribution in [2.75, 3.05) is 14.2 Å². The number of hydrogen-bond acceptors (Lipinski definition) is 5. The molecule has 1 aliphatic rings. The number of hydrogen-bond donors (Lipinski definition) is 1. The summed E-state index contributed by atoms with van der Waals surface area (Å²) in [6.07, 6.45) is 0. The molecule has 1 aliphatic heterocycles. The number of methoxy groups -OCH3 is 2. The van der Waals surface area contributed by atoms with E-state index in [0.717, 1.165) is 0 Å². The molecule has 7 nitrogen and oxygen atoms in total. The Morgan fingerprint density at radius 3 is 2.50 bits per heavy atom. The first kappa shape index (κ1) is 15.9. The van der Waals surface area contributed by atoms with Crippen LogP contribution in [0.4, 0.5) is 5.69 Å². The lowest BCUT2D eigenvalue weighted by Gasteiger charge is -2.27. The fraction of sp³-hybridized carbons (Fsp3) is 0.467. The van der Waals surface area contributed by atoms with Crippen LogP contribution in [0.15, 0.2) is 33.4 Å². The fourth-order valence-electron chi connectivity index (χ4n) is 1.98. The first-order valence-electron chi connectivity index (χ1n) is 6.87. The molecule has 118 valence electrons. The molecule has 0 fully saturated rings. The summed E-state index contributed by atoms with van der Waals surface area (Å²) < 4.78 is 10.4. The normalized spacial score (nSPS) is 20.0. The zero-order valence-electron chi connectivity index (χ0n) is 13.4. The monoisotopic (exact) mass is 304 g/mol. The van der Waals surface area contributed by atoms with Crippen LogP contribution in [0.5, 0.6) is 11.5 Å². The smallest absolute Gasteiger partial charge is 0.254 e. The Labute approximate surface area is 129 Å². The molecule has 0 aliphatic carbocycles. The number of guanidine groups is 1. The number of azo groups is 1. The number of amides is 1. The minimum absolute atomic E-state index is 0.136. The third-order valence-electron chi connectivity index (χ3n) is 3.18. The van der Waals surface area contributed by atoms with E-state index < -0.39 is 6.04 Å². The van der Waals surface area contributed by atoms with Crippen molar-refractivity contribution in [2.45, 2.75) is 26.8 Å². The summed E-state index contributed by atoms with van der Waals surface area (Å²) in [6.45, 7) is 5.80. The van der Waals surface area contributed by atoms with E-state index in [1.807, 2.05) is 20.8 Å². The molecule has 0 bridgehead atoms. The highest BCUT2D eigenvalue weighted by atomic mass is 16.5. The molecular formula is C15H20N4O3. The Kier molecular flexibility index (Phi) is 4.44. The Morgan fingerprint density at radius 2 is 1.95 bits per heavy atom. The highest BCUT2D eigenvalue weighted by Gasteiger charge is 2.34. The highest BCUT2D eigenvalue weighted by Crippen LogP contribution is 2.32. The lowest BCUT2D eigenvalue weighted by Crippen LogP contribution is -2.46. The van der Waals surface area contributed by atoms with Gasteiger partial charge in [0.25, 0.3) is 5.91 Å². The van der Waals surface area contributed by atoms with E-state index in [1.54, 1.807) is 32.4 Å². The molecule has 7 heteroatoms. The van der Waals surface area contributed by atoms with Crippen molar-refractivity contribution < 1.29 is 14.3 Å². The molecule has 1 aromatic carbocycles. The van der Waals surface area contributed by atoms with Crippen LogP contribution in [0.3, 0.4) is 0 Å². The van der Waals surface area contributed by atoms with Gasteiger partial charge in [0.05, 0.1) is 14.2 Å². The van der Waals surface area contributed by atoms with E-state index in [-0.39, 0.29) is 17.3 Å².